The minimum absolute atomic E-state index is 0.0831. The number of rotatable bonds is 5. The van der Waals surface area contributed by atoms with Crippen LogP contribution >= 0.6 is 0 Å². The van der Waals surface area contributed by atoms with Gasteiger partial charge < -0.3 is 19.9 Å². The number of hydrogen-bond acceptors (Lipinski definition) is 5. The first-order valence-corrected chi connectivity index (χ1v) is 6.82. The van der Waals surface area contributed by atoms with Gasteiger partial charge >= 0.3 is 5.97 Å². The van der Waals surface area contributed by atoms with Gasteiger partial charge in [-0.1, -0.05) is 6.07 Å². The Bertz CT molecular complexity index is 503. The molecule has 0 aliphatic heterocycles. The number of hydrogen-bond donors (Lipinski definition) is 1. The average molecular weight is 295 g/mol. The van der Waals surface area contributed by atoms with Crippen molar-refractivity contribution < 1.29 is 19.0 Å². The van der Waals surface area contributed by atoms with E-state index in [9.17, 15) is 4.79 Å². The molecule has 1 rings (SSSR count). The summed E-state index contributed by atoms with van der Waals surface area (Å²) in [5.74, 6) is 0.868. The van der Waals surface area contributed by atoms with E-state index >= 15 is 0 Å². The van der Waals surface area contributed by atoms with Gasteiger partial charge in [-0.2, -0.15) is 0 Å². The summed E-state index contributed by atoms with van der Waals surface area (Å²) in [6, 6.07) is 5.38. The normalized spacial score (nSPS) is 14.2. The van der Waals surface area contributed by atoms with Gasteiger partial charge in [0.15, 0.2) is 11.5 Å². The van der Waals surface area contributed by atoms with E-state index in [4.69, 9.17) is 19.9 Å². The Hall–Kier alpha value is -1.75. The molecule has 1 atom stereocenters. The van der Waals surface area contributed by atoms with Gasteiger partial charge in [-0.3, -0.25) is 4.79 Å². The summed E-state index contributed by atoms with van der Waals surface area (Å²) in [7, 11) is 3.13. The van der Waals surface area contributed by atoms with Crippen molar-refractivity contribution in [2.75, 3.05) is 14.2 Å². The number of carbonyl (C=O) groups excluding carboxylic acids is 1. The molecule has 0 spiro atoms. The highest BCUT2D eigenvalue weighted by Gasteiger charge is 2.29. The smallest absolute Gasteiger partial charge is 0.308 e. The van der Waals surface area contributed by atoms with Crippen LogP contribution in [0.2, 0.25) is 0 Å². The summed E-state index contributed by atoms with van der Waals surface area (Å²) in [6.07, 6.45) is 0.0831. The molecule has 118 valence electrons. The Morgan fingerprint density at radius 1 is 1.10 bits per heavy atom. The second-order valence-corrected chi connectivity index (χ2v) is 6.25. The van der Waals surface area contributed by atoms with Crippen molar-refractivity contribution in [3.8, 4) is 11.5 Å². The molecule has 0 amide bonds. The fourth-order valence-electron chi connectivity index (χ4n) is 1.97. The lowest BCUT2D eigenvalue weighted by Crippen LogP contribution is -2.38. The standard InChI is InChI=1S/C16H25NO4/c1-15(2,3)21-14(18)10-16(4,17)11-7-8-12(19-5)13(9-11)20-6/h7-9H,10,17H2,1-6H3/t16-/m1/s1. The molecule has 5 nitrogen and oxygen atoms in total. The number of nitrogens with two attached hydrogens (primary N) is 1. The van der Waals surface area contributed by atoms with Crippen LogP contribution in [-0.4, -0.2) is 25.8 Å². The van der Waals surface area contributed by atoms with E-state index in [0.29, 0.717) is 11.5 Å². The fraction of sp³-hybridized carbons (Fsp3) is 0.562. The molecule has 0 aromatic heterocycles. The van der Waals surface area contributed by atoms with Gasteiger partial charge in [0.05, 0.1) is 20.6 Å². The summed E-state index contributed by atoms with van der Waals surface area (Å²) in [5.41, 5.74) is 5.69. The lowest BCUT2D eigenvalue weighted by atomic mass is 9.89. The zero-order valence-corrected chi connectivity index (χ0v) is 13.6. The van der Waals surface area contributed by atoms with Crippen LogP contribution in [0.5, 0.6) is 11.5 Å². The first kappa shape index (κ1) is 17.3. The summed E-state index contributed by atoms with van der Waals surface area (Å²) in [6.45, 7) is 7.28. The molecular weight excluding hydrogens is 270 g/mol. The van der Waals surface area contributed by atoms with Crippen LogP contribution in [0.1, 0.15) is 39.7 Å². The number of ether oxygens (including phenoxy) is 3. The van der Waals surface area contributed by atoms with E-state index in [0.717, 1.165) is 5.56 Å². The van der Waals surface area contributed by atoms with Gasteiger partial charge in [0, 0.05) is 5.54 Å². The maximum atomic E-state index is 12.0. The third kappa shape index (κ3) is 4.93. The third-order valence-corrected chi connectivity index (χ3v) is 2.97. The molecular formula is C16H25NO4. The van der Waals surface area contributed by atoms with Crippen LogP contribution in [-0.2, 0) is 15.1 Å². The first-order chi connectivity index (χ1) is 9.59. The Labute approximate surface area is 126 Å². The summed E-state index contributed by atoms with van der Waals surface area (Å²) in [4.78, 5) is 12.0. The van der Waals surface area contributed by atoms with E-state index in [1.807, 2.05) is 26.8 Å². The van der Waals surface area contributed by atoms with E-state index in [2.05, 4.69) is 0 Å². The van der Waals surface area contributed by atoms with Crippen LogP contribution < -0.4 is 15.2 Å². The molecule has 0 saturated carbocycles. The molecule has 0 aliphatic rings. The van der Waals surface area contributed by atoms with Crippen molar-refractivity contribution in [3.05, 3.63) is 23.8 Å². The molecule has 21 heavy (non-hydrogen) atoms. The first-order valence-electron chi connectivity index (χ1n) is 6.82. The molecule has 0 fully saturated rings. The molecule has 2 N–H and O–H groups in total. The van der Waals surface area contributed by atoms with Crippen LogP contribution in [0.4, 0.5) is 0 Å². The van der Waals surface area contributed by atoms with Gasteiger partial charge in [-0.25, -0.2) is 0 Å². The molecule has 5 heteroatoms. The van der Waals surface area contributed by atoms with Crippen LogP contribution in [0, 0.1) is 0 Å². The van der Waals surface area contributed by atoms with E-state index in [-0.39, 0.29) is 12.4 Å². The van der Waals surface area contributed by atoms with Crippen molar-refractivity contribution in [1.82, 2.24) is 0 Å². The second-order valence-electron chi connectivity index (χ2n) is 6.25. The molecule has 1 aromatic carbocycles. The number of esters is 1. The van der Waals surface area contributed by atoms with Crippen molar-refractivity contribution in [3.63, 3.8) is 0 Å². The molecule has 0 aliphatic carbocycles. The minimum Gasteiger partial charge on any atom is -0.493 e. The Balaban J connectivity index is 2.94. The van der Waals surface area contributed by atoms with Gasteiger partial charge in [0.25, 0.3) is 0 Å². The molecule has 0 unspecified atom stereocenters. The maximum absolute atomic E-state index is 12.0. The number of benzene rings is 1. The third-order valence-electron chi connectivity index (χ3n) is 2.97. The predicted molar refractivity (Wildman–Crippen MR) is 81.5 cm³/mol. The van der Waals surface area contributed by atoms with Gasteiger partial charge in [-0.05, 0) is 45.4 Å². The van der Waals surface area contributed by atoms with Crippen molar-refractivity contribution >= 4 is 5.97 Å². The highest BCUT2D eigenvalue weighted by Crippen LogP contribution is 2.32. The molecule has 1 aromatic rings. The maximum Gasteiger partial charge on any atom is 0.308 e. The topological polar surface area (TPSA) is 70.8 Å². The second kappa shape index (κ2) is 6.35. The molecule has 0 heterocycles. The summed E-state index contributed by atoms with van der Waals surface area (Å²) in [5, 5.41) is 0. The molecule has 0 radical (unpaired) electrons. The zero-order chi connectivity index (χ0) is 16.3. The quantitative estimate of drug-likeness (QED) is 0.845. The SMILES string of the molecule is COc1ccc([C@](C)(N)CC(=O)OC(C)(C)C)cc1OC. The van der Waals surface area contributed by atoms with Crippen molar-refractivity contribution in [1.29, 1.82) is 0 Å². The Kier molecular flexibility index (Phi) is 5.23. The predicted octanol–water partition coefficient (Wildman–Crippen LogP) is 2.61. The van der Waals surface area contributed by atoms with Gasteiger partial charge in [0.1, 0.15) is 5.60 Å². The minimum atomic E-state index is -0.845. The molecule has 0 saturated heterocycles. The largest absolute Gasteiger partial charge is 0.493 e. The van der Waals surface area contributed by atoms with Gasteiger partial charge in [-0.15, -0.1) is 0 Å². The van der Waals surface area contributed by atoms with Crippen LogP contribution in [0.15, 0.2) is 18.2 Å². The highest BCUT2D eigenvalue weighted by molar-refractivity contribution is 5.71. The van der Waals surface area contributed by atoms with Crippen LogP contribution in [0.3, 0.4) is 0 Å². The molecule has 0 bridgehead atoms. The number of carbonyl (C=O) groups is 1. The highest BCUT2D eigenvalue weighted by atomic mass is 16.6. The zero-order valence-electron chi connectivity index (χ0n) is 13.6. The summed E-state index contributed by atoms with van der Waals surface area (Å²) < 4.78 is 15.8. The van der Waals surface area contributed by atoms with Gasteiger partial charge in [0.2, 0.25) is 0 Å². The summed E-state index contributed by atoms with van der Waals surface area (Å²) >= 11 is 0. The van der Waals surface area contributed by atoms with E-state index in [1.54, 1.807) is 33.3 Å². The lowest BCUT2D eigenvalue weighted by Gasteiger charge is -2.27. The van der Waals surface area contributed by atoms with E-state index in [1.165, 1.54) is 0 Å². The van der Waals surface area contributed by atoms with Crippen molar-refractivity contribution in [2.45, 2.75) is 45.3 Å². The Morgan fingerprint density at radius 2 is 1.67 bits per heavy atom. The van der Waals surface area contributed by atoms with Crippen LogP contribution in [0.25, 0.3) is 0 Å². The lowest BCUT2D eigenvalue weighted by molar-refractivity contribution is -0.156. The van der Waals surface area contributed by atoms with E-state index < -0.39 is 11.1 Å². The average Bonchev–Trinajstić information content (AvgIpc) is 2.34. The Morgan fingerprint density at radius 3 is 2.14 bits per heavy atom. The monoisotopic (exact) mass is 295 g/mol. The van der Waals surface area contributed by atoms with Crippen molar-refractivity contribution in [2.24, 2.45) is 5.73 Å². The number of methoxy groups -OCH3 is 2. The fourth-order valence-corrected chi connectivity index (χ4v) is 1.97.